The molecule has 1 aromatic rings. The zero-order chi connectivity index (χ0) is 15.8. The summed E-state index contributed by atoms with van der Waals surface area (Å²) in [6.07, 6.45) is 2.30. The molecule has 0 aliphatic heterocycles. The average molecular weight is 310 g/mol. The van der Waals surface area contributed by atoms with Gasteiger partial charge in [-0.15, -0.1) is 0 Å². The van der Waals surface area contributed by atoms with Crippen LogP contribution in [0.25, 0.3) is 0 Å². The molecule has 0 fully saturated rings. The first-order valence-corrected chi connectivity index (χ1v) is 8.23. The van der Waals surface area contributed by atoms with E-state index in [4.69, 9.17) is 5.11 Å². The number of carboxylic acid groups (broad SMARTS) is 1. The van der Waals surface area contributed by atoms with Crippen molar-refractivity contribution in [3.05, 3.63) is 29.8 Å². The smallest absolute Gasteiger partial charge is 0.326 e. The molecule has 0 unspecified atom stereocenters. The molecular weight excluding hydrogens is 288 g/mol. The van der Waals surface area contributed by atoms with Gasteiger partial charge in [0, 0.05) is 5.69 Å². The normalized spacial score (nSPS) is 12.0. The molecule has 0 aliphatic rings. The highest BCUT2D eigenvalue weighted by Crippen LogP contribution is 2.23. The third-order valence-corrected chi connectivity index (χ3v) is 3.69. The maximum absolute atomic E-state index is 12.0. The molecule has 21 heavy (non-hydrogen) atoms. The van der Waals surface area contributed by atoms with Crippen LogP contribution in [0.3, 0.4) is 0 Å². The van der Waals surface area contributed by atoms with Crippen LogP contribution in [0.15, 0.2) is 24.3 Å². The van der Waals surface area contributed by atoms with Crippen LogP contribution in [0.1, 0.15) is 31.7 Å². The van der Waals surface area contributed by atoms with Crippen molar-refractivity contribution in [2.45, 2.75) is 32.2 Å². The number of hydrogen-bond donors (Lipinski definition) is 3. The fourth-order valence-electron chi connectivity index (χ4n) is 1.92. The molecule has 0 aromatic heterocycles. The first kappa shape index (κ1) is 17.4. The van der Waals surface area contributed by atoms with Crippen molar-refractivity contribution < 1.29 is 14.7 Å². The molecule has 2 amide bonds. The van der Waals surface area contributed by atoms with Gasteiger partial charge < -0.3 is 15.7 Å². The number of aliphatic carboxylic acids is 1. The maximum Gasteiger partial charge on any atom is 0.326 e. The number of carbonyl (C=O) groups is 2. The zero-order valence-electron chi connectivity index (χ0n) is 12.6. The van der Waals surface area contributed by atoms with Gasteiger partial charge in [-0.3, -0.25) is 0 Å². The number of urea groups is 1. The zero-order valence-corrected chi connectivity index (χ0v) is 13.4. The summed E-state index contributed by atoms with van der Waals surface area (Å²) in [5.41, 5.74) is 1.72. The van der Waals surface area contributed by atoms with Gasteiger partial charge in [0.05, 0.1) is 0 Å². The fraction of sp³-hybridized carbons (Fsp3) is 0.467. The van der Waals surface area contributed by atoms with Crippen molar-refractivity contribution in [3.8, 4) is 0 Å². The van der Waals surface area contributed by atoms with Gasteiger partial charge in [-0.1, -0.05) is 32.0 Å². The largest absolute Gasteiger partial charge is 0.480 e. The van der Waals surface area contributed by atoms with E-state index in [0.717, 1.165) is 5.56 Å². The first-order valence-electron chi connectivity index (χ1n) is 6.84. The number of benzene rings is 1. The number of carbonyl (C=O) groups excluding carboxylic acids is 1. The van der Waals surface area contributed by atoms with E-state index in [1.165, 1.54) is 0 Å². The van der Waals surface area contributed by atoms with Gasteiger partial charge in [0.1, 0.15) is 6.04 Å². The Balaban J connectivity index is 2.70. The van der Waals surface area contributed by atoms with Crippen LogP contribution in [-0.2, 0) is 4.79 Å². The summed E-state index contributed by atoms with van der Waals surface area (Å²) in [6, 6.07) is 6.15. The van der Waals surface area contributed by atoms with Gasteiger partial charge in [-0.25, -0.2) is 9.59 Å². The summed E-state index contributed by atoms with van der Waals surface area (Å²) < 4.78 is 0. The van der Waals surface area contributed by atoms with Crippen molar-refractivity contribution in [1.82, 2.24) is 5.32 Å². The van der Waals surface area contributed by atoms with Gasteiger partial charge >= 0.3 is 12.0 Å². The lowest BCUT2D eigenvalue weighted by Gasteiger charge is -2.17. The van der Waals surface area contributed by atoms with Crippen LogP contribution in [-0.4, -0.2) is 35.2 Å². The number of para-hydroxylation sites is 1. The van der Waals surface area contributed by atoms with E-state index in [2.05, 4.69) is 10.6 Å². The summed E-state index contributed by atoms with van der Waals surface area (Å²) in [5.74, 6) is -0.0653. The molecule has 5 nitrogen and oxygen atoms in total. The van der Waals surface area contributed by atoms with Crippen LogP contribution in [0, 0.1) is 0 Å². The molecule has 1 rings (SSSR count). The van der Waals surface area contributed by atoms with E-state index in [-0.39, 0.29) is 5.92 Å². The van der Waals surface area contributed by atoms with Gasteiger partial charge in [-0.2, -0.15) is 11.8 Å². The standard InChI is InChI=1S/C15H22N2O3S/c1-10(2)11-6-4-5-7-12(11)16-15(20)17-13(14(18)19)8-9-21-3/h4-7,10,13H,8-9H2,1-3H3,(H,18,19)(H2,16,17,20)/t13-/m1/s1. The van der Waals surface area contributed by atoms with Crippen molar-refractivity contribution >= 4 is 29.4 Å². The Morgan fingerprint density at radius 3 is 2.52 bits per heavy atom. The number of hydrogen-bond acceptors (Lipinski definition) is 3. The number of thioether (sulfide) groups is 1. The Morgan fingerprint density at radius 1 is 1.29 bits per heavy atom. The number of nitrogens with one attached hydrogen (secondary N) is 2. The molecule has 3 N–H and O–H groups in total. The van der Waals surface area contributed by atoms with Crippen molar-refractivity contribution in [2.75, 3.05) is 17.3 Å². The molecule has 116 valence electrons. The number of anilines is 1. The minimum atomic E-state index is -1.02. The molecule has 1 atom stereocenters. The van der Waals surface area contributed by atoms with Crippen molar-refractivity contribution in [2.24, 2.45) is 0 Å². The Morgan fingerprint density at radius 2 is 1.95 bits per heavy atom. The topological polar surface area (TPSA) is 78.4 Å². The van der Waals surface area contributed by atoms with Crippen molar-refractivity contribution in [1.29, 1.82) is 0 Å². The lowest BCUT2D eigenvalue weighted by Crippen LogP contribution is -2.43. The average Bonchev–Trinajstić information content (AvgIpc) is 2.43. The third-order valence-electron chi connectivity index (χ3n) is 3.05. The number of carboxylic acids is 1. The first-order chi connectivity index (χ1) is 9.95. The van der Waals surface area contributed by atoms with E-state index in [1.54, 1.807) is 11.8 Å². The quantitative estimate of drug-likeness (QED) is 0.723. The predicted octanol–water partition coefficient (Wildman–Crippen LogP) is 3.14. The molecule has 0 aliphatic carbocycles. The lowest BCUT2D eigenvalue weighted by atomic mass is 10.0. The van der Waals surface area contributed by atoms with E-state index >= 15 is 0 Å². The molecular formula is C15H22N2O3S. The number of amides is 2. The second-order valence-corrected chi connectivity index (χ2v) is 6.00. The minimum absolute atomic E-state index is 0.272. The second kappa shape index (κ2) is 8.56. The van der Waals surface area contributed by atoms with Crippen LogP contribution < -0.4 is 10.6 Å². The molecule has 0 saturated heterocycles. The molecule has 0 spiro atoms. The highest BCUT2D eigenvalue weighted by atomic mass is 32.2. The van der Waals surface area contributed by atoms with E-state index in [1.807, 2.05) is 44.4 Å². The van der Waals surface area contributed by atoms with Gasteiger partial charge in [0.25, 0.3) is 0 Å². The SMILES string of the molecule is CSCC[C@@H](NC(=O)Nc1ccccc1C(C)C)C(=O)O. The molecule has 6 heteroatoms. The maximum atomic E-state index is 12.0. The summed E-state index contributed by atoms with van der Waals surface area (Å²) in [5, 5.41) is 14.3. The Bertz CT molecular complexity index is 492. The fourth-order valence-corrected chi connectivity index (χ4v) is 2.40. The monoisotopic (exact) mass is 310 g/mol. The molecule has 0 bridgehead atoms. The second-order valence-electron chi connectivity index (χ2n) is 5.01. The van der Waals surface area contributed by atoms with Gasteiger partial charge in [0.2, 0.25) is 0 Å². The molecule has 0 radical (unpaired) electrons. The summed E-state index contributed by atoms with van der Waals surface area (Å²) >= 11 is 1.55. The molecule has 0 heterocycles. The Hall–Kier alpha value is -1.69. The van der Waals surface area contributed by atoms with E-state index in [0.29, 0.717) is 17.9 Å². The molecule has 1 aromatic carbocycles. The summed E-state index contributed by atoms with van der Waals surface area (Å²) in [4.78, 5) is 23.1. The lowest BCUT2D eigenvalue weighted by molar-refractivity contribution is -0.139. The van der Waals surface area contributed by atoms with Crippen LogP contribution in [0.5, 0.6) is 0 Å². The van der Waals surface area contributed by atoms with Crippen molar-refractivity contribution in [3.63, 3.8) is 0 Å². The van der Waals surface area contributed by atoms with Gasteiger partial charge in [-0.05, 0) is 36.0 Å². The highest BCUT2D eigenvalue weighted by Gasteiger charge is 2.19. The summed E-state index contributed by atoms with van der Waals surface area (Å²) in [6.45, 7) is 4.08. The summed E-state index contributed by atoms with van der Waals surface area (Å²) in [7, 11) is 0. The van der Waals surface area contributed by atoms with E-state index in [9.17, 15) is 9.59 Å². The highest BCUT2D eigenvalue weighted by molar-refractivity contribution is 7.98. The number of rotatable bonds is 7. The van der Waals surface area contributed by atoms with Crippen LogP contribution in [0.2, 0.25) is 0 Å². The molecule has 0 saturated carbocycles. The van der Waals surface area contributed by atoms with Crippen LogP contribution in [0.4, 0.5) is 10.5 Å². The van der Waals surface area contributed by atoms with E-state index < -0.39 is 18.0 Å². The predicted molar refractivity (Wildman–Crippen MR) is 87.1 cm³/mol. The Labute approximate surface area is 129 Å². The minimum Gasteiger partial charge on any atom is -0.480 e. The Kier molecular flexibility index (Phi) is 7.08. The van der Waals surface area contributed by atoms with Crippen LogP contribution >= 0.6 is 11.8 Å². The third kappa shape index (κ3) is 5.67. The van der Waals surface area contributed by atoms with Gasteiger partial charge in [0.15, 0.2) is 0 Å².